The molecule has 164 valence electrons. The van der Waals surface area contributed by atoms with Crippen molar-refractivity contribution in [1.29, 1.82) is 0 Å². The van der Waals surface area contributed by atoms with Gasteiger partial charge in [-0.15, -0.1) is 0 Å². The Morgan fingerprint density at radius 2 is 1.93 bits per heavy atom. The summed E-state index contributed by atoms with van der Waals surface area (Å²) < 4.78 is 16.1. The molecule has 0 N–H and O–H groups in total. The summed E-state index contributed by atoms with van der Waals surface area (Å²) in [4.78, 5) is 31.9. The molecule has 8 heteroatoms. The number of piperidine rings is 1. The van der Waals surface area contributed by atoms with E-state index in [9.17, 15) is 9.59 Å². The molecule has 0 aromatic heterocycles. The lowest BCUT2D eigenvalue weighted by molar-refractivity contribution is 0.0498. The van der Waals surface area contributed by atoms with E-state index in [1.807, 2.05) is 9.80 Å². The van der Waals surface area contributed by atoms with Crippen molar-refractivity contribution in [3.05, 3.63) is 29.8 Å². The van der Waals surface area contributed by atoms with Crippen LogP contribution in [0.3, 0.4) is 0 Å². The highest BCUT2D eigenvalue weighted by molar-refractivity contribution is 5.94. The molecule has 1 aromatic rings. The van der Waals surface area contributed by atoms with Gasteiger partial charge < -0.3 is 28.9 Å². The number of carbonyl (C=O) groups excluding carboxylic acids is 2. The third-order valence-electron chi connectivity index (χ3n) is 6.57. The summed E-state index contributed by atoms with van der Waals surface area (Å²) >= 11 is 0. The zero-order valence-electron chi connectivity index (χ0n) is 17.8. The van der Waals surface area contributed by atoms with Crippen LogP contribution < -0.4 is 4.74 Å². The SMILES string of the molecule is COCCN1CC2(CCOC2)N(C2CCN(C(=O)c3ccc(OC)cc3)CC2)C1=O. The first-order valence-electron chi connectivity index (χ1n) is 10.7. The zero-order chi connectivity index (χ0) is 21.1. The molecule has 1 atom stereocenters. The molecule has 3 saturated heterocycles. The molecule has 0 aliphatic carbocycles. The summed E-state index contributed by atoms with van der Waals surface area (Å²) in [5, 5.41) is 0. The predicted octanol–water partition coefficient (Wildman–Crippen LogP) is 1.84. The van der Waals surface area contributed by atoms with E-state index in [-0.39, 0.29) is 23.5 Å². The molecule has 8 nitrogen and oxygen atoms in total. The van der Waals surface area contributed by atoms with Crippen molar-refractivity contribution >= 4 is 11.9 Å². The smallest absolute Gasteiger partial charge is 0.321 e. The molecular formula is C22H31N3O5. The second kappa shape index (κ2) is 8.81. The van der Waals surface area contributed by atoms with Crippen LogP contribution in [0.1, 0.15) is 29.6 Å². The molecule has 1 aromatic carbocycles. The van der Waals surface area contributed by atoms with Gasteiger partial charge in [-0.25, -0.2) is 4.79 Å². The van der Waals surface area contributed by atoms with Gasteiger partial charge in [0.2, 0.25) is 0 Å². The summed E-state index contributed by atoms with van der Waals surface area (Å²) in [7, 11) is 3.27. The van der Waals surface area contributed by atoms with Crippen LogP contribution in [0.25, 0.3) is 0 Å². The molecule has 3 fully saturated rings. The van der Waals surface area contributed by atoms with Crippen molar-refractivity contribution in [3.8, 4) is 5.75 Å². The number of rotatable bonds is 6. The number of nitrogens with zero attached hydrogens (tertiary/aromatic N) is 3. The topological polar surface area (TPSA) is 71.6 Å². The minimum atomic E-state index is -0.238. The Bertz CT molecular complexity index is 755. The van der Waals surface area contributed by atoms with Crippen LogP contribution in [0, 0.1) is 0 Å². The van der Waals surface area contributed by atoms with Crippen LogP contribution in [0.5, 0.6) is 5.75 Å². The lowest BCUT2D eigenvalue weighted by Crippen LogP contribution is -2.56. The molecule has 3 heterocycles. The molecule has 3 amide bonds. The van der Waals surface area contributed by atoms with Gasteiger partial charge in [0, 0.05) is 51.5 Å². The van der Waals surface area contributed by atoms with Gasteiger partial charge in [0.05, 0.1) is 25.9 Å². The van der Waals surface area contributed by atoms with E-state index in [0.717, 1.165) is 25.0 Å². The highest BCUT2D eigenvalue weighted by atomic mass is 16.5. The number of benzene rings is 1. The van der Waals surface area contributed by atoms with E-state index in [2.05, 4.69) is 4.90 Å². The fourth-order valence-corrected chi connectivity index (χ4v) is 4.93. The Kier molecular flexibility index (Phi) is 6.15. The van der Waals surface area contributed by atoms with Crippen LogP contribution in [-0.4, -0.2) is 98.4 Å². The number of hydrogen-bond acceptors (Lipinski definition) is 5. The normalized spacial score (nSPS) is 24.9. The van der Waals surface area contributed by atoms with E-state index >= 15 is 0 Å². The molecule has 30 heavy (non-hydrogen) atoms. The minimum Gasteiger partial charge on any atom is -0.497 e. The molecule has 0 saturated carbocycles. The number of methoxy groups -OCH3 is 2. The standard InChI is InChI=1S/C22H31N3O5/c1-28-14-12-24-15-22(9-13-30-16-22)25(21(24)27)18-7-10-23(11-8-18)20(26)17-3-5-19(29-2)6-4-17/h3-6,18H,7-16H2,1-2H3. The Hall–Kier alpha value is -2.32. The second-order valence-corrected chi connectivity index (χ2v) is 8.35. The van der Waals surface area contributed by atoms with Gasteiger partial charge in [-0.3, -0.25) is 4.79 Å². The first-order valence-corrected chi connectivity index (χ1v) is 10.7. The van der Waals surface area contributed by atoms with E-state index in [0.29, 0.717) is 51.6 Å². The first-order chi connectivity index (χ1) is 14.6. The maximum absolute atomic E-state index is 13.2. The third-order valence-corrected chi connectivity index (χ3v) is 6.57. The van der Waals surface area contributed by atoms with Gasteiger partial charge in [0.1, 0.15) is 5.75 Å². The lowest BCUT2D eigenvalue weighted by Gasteiger charge is -2.42. The van der Waals surface area contributed by atoms with Gasteiger partial charge in [-0.1, -0.05) is 0 Å². The number of carbonyl (C=O) groups is 2. The van der Waals surface area contributed by atoms with Gasteiger partial charge in [0.25, 0.3) is 5.91 Å². The van der Waals surface area contributed by atoms with E-state index < -0.39 is 0 Å². The van der Waals surface area contributed by atoms with Crippen molar-refractivity contribution in [3.63, 3.8) is 0 Å². The fourth-order valence-electron chi connectivity index (χ4n) is 4.93. The van der Waals surface area contributed by atoms with Crippen LogP contribution in [0.2, 0.25) is 0 Å². The molecule has 1 unspecified atom stereocenters. The average molecular weight is 418 g/mol. The van der Waals surface area contributed by atoms with Crippen LogP contribution in [0.15, 0.2) is 24.3 Å². The van der Waals surface area contributed by atoms with Crippen molar-refractivity contribution < 1.29 is 23.8 Å². The largest absolute Gasteiger partial charge is 0.497 e. The van der Waals surface area contributed by atoms with Gasteiger partial charge in [-0.2, -0.15) is 0 Å². The van der Waals surface area contributed by atoms with Crippen molar-refractivity contribution in [2.45, 2.75) is 30.8 Å². The number of hydrogen-bond donors (Lipinski definition) is 0. The molecule has 3 aliphatic rings. The molecule has 3 aliphatic heterocycles. The second-order valence-electron chi connectivity index (χ2n) is 8.35. The summed E-state index contributed by atoms with van der Waals surface area (Å²) in [6.45, 7) is 4.40. The highest BCUT2D eigenvalue weighted by Gasteiger charge is 2.54. The van der Waals surface area contributed by atoms with E-state index in [4.69, 9.17) is 14.2 Å². The fraction of sp³-hybridized carbons (Fsp3) is 0.636. The molecule has 1 spiro atoms. The summed E-state index contributed by atoms with van der Waals surface area (Å²) in [6.07, 6.45) is 2.44. The van der Waals surface area contributed by atoms with E-state index in [1.54, 1.807) is 38.5 Å². The number of urea groups is 1. The quantitative estimate of drug-likeness (QED) is 0.706. The maximum atomic E-state index is 13.2. The van der Waals surface area contributed by atoms with Crippen molar-refractivity contribution in [2.75, 3.05) is 60.2 Å². The molecule has 0 bridgehead atoms. The lowest BCUT2D eigenvalue weighted by atomic mass is 9.92. The summed E-state index contributed by atoms with van der Waals surface area (Å²) in [5.74, 6) is 0.768. The number of likely N-dealkylation sites (tertiary alicyclic amines) is 1. The molecular weight excluding hydrogens is 386 g/mol. The number of amides is 3. The third kappa shape index (κ3) is 3.86. The number of ether oxygens (including phenoxy) is 3. The van der Waals surface area contributed by atoms with Crippen LogP contribution >= 0.6 is 0 Å². The first kappa shape index (κ1) is 20.9. The summed E-state index contributed by atoms with van der Waals surface area (Å²) in [6, 6.07) is 7.43. The summed E-state index contributed by atoms with van der Waals surface area (Å²) in [5.41, 5.74) is 0.426. The van der Waals surface area contributed by atoms with Gasteiger partial charge in [-0.05, 0) is 43.5 Å². The van der Waals surface area contributed by atoms with Crippen LogP contribution in [-0.2, 0) is 9.47 Å². The Labute approximate surface area is 177 Å². The van der Waals surface area contributed by atoms with Crippen molar-refractivity contribution in [2.24, 2.45) is 0 Å². The average Bonchev–Trinajstić information content (AvgIpc) is 3.36. The minimum absolute atomic E-state index is 0.0319. The molecule has 0 radical (unpaired) electrons. The highest BCUT2D eigenvalue weighted by Crippen LogP contribution is 2.38. The maximum Gasteiger partial charge on any atom is 0.321 e. The molecule has 4 rings (SSSR count). The Morgan fingerprint density at radius 1 is 1.20 bits per heavy atom. The monoisotopic (exact) mass is 417 g/mol. The van der Waals surface area contributed by atoms with Gasteiger partial charge >= 0.3 is 6.03 Å². The van der Waals surface area contributed by atoms with Gasteiger partial charge in [0.15, 0.2) is 0 Å². The predicted molar refractivity (Wildman–Crippen MR) is 111 cm³/mol. The Balaban J connectivity index is 1.42. The van der Waals surface area contributed by atoms with Crippen molar-refractivity contribution in [1.82, 2.24) is 14.7 Å². The zero-order valence-corrected chi connectivity index (χ0v) is 17.8. The van der Waals surface area contributed by atoms with E-state index in [1.165, 1.54) is 0 Å². The Morgan fingerprint density at radius 3 is 2.53 bits per heavy atom. The van der Waals surface area contributed by atoms with Crippen LogP contribution in [0.4, 0.5) is 4.79 Å².